The van der Waals surface area contributed by atoms with Crippen LogP contribution >= 0.6 is 11.6 Å². The van der Waals surface area contributed by atoms with E-state index in [-0.39, 0.29) is 0 Å². The van der Waals surface area contributed by atoms with E-state index >= 15 is 0 Å². The predicted molar refractivity (Wildman–Crippen MR) is 99.0 cm³/mol. The number of amidine groups is 1. The van der Waals surface area contributed by atoms with Crippen LogP contribution in [0.3, 0.4) is 0 Å². The third kappa shape index (κ3) is 4.54. The fourth-order valence-electron chi connectivity index (χ4n) is 2.53. The SMILES string of the molecule is CC(C)Cc1c(OCC2=NCCN2)ccc(Cl)c1N(C)S(C)(=O)=O. The van der Waals surface area contributed by atoms with E-state index in [1.807, 2.05) is 0 Å². The first-order chi connectivity index (χ1) is 11.2. The highest BCUT2D eigenvalue weighted by molar-refractivity contribution is 7.92. The molecule has 1 aromatic carbocycles. The number of rotatable bonds is 7. The van der Waals surface area contributed by atoms with Crippen molar-refractivity contribution in [3.05, 3.63) is 22.7 Å². The summed E-state index contributed by atoms with van der Waals surface area (Å²) >= 11 is 6.32. The van der Waals surface area contributed by atoms with Gasteiger partial charge in [0.2, 0.25) is 10.0 Å². The molecule has 2 rings (SSSR count). The van der Waals surface area contributed by atoms with Crippen molar-refractivity contribution in [2.45, 2.75) is 20.3 Å². The Balaban J connectivity index is 2.42. The summed E-state index contributed by atoms with van der Waals surface area (Å²) in [5, 5.41) is 3.54. The normalized spacial score (nSPS) is 14.5. The van der Waals surface area contributed by atoms with Crippen LogP contribution in [0.4, 0.5) is 5.69 Å². The van der Waals surface area contributed by atoms with Gasteiger partial charge in [-0.3, -0.25) is 9.30 Å². The third-order valence-corrected chi connectivity index (χ3v) is 5.21. The Morgan fingerprint density at radius 2 is 2.12 bits per heavy atom. The molecular formula is C16H24ClN3O3S. The molecule has 0 spiro atoms. The van der Waals surface area contributed by atoms with E-state index in [2.05, 4.69) is 24.2 Å². The number of nitrogens with zero attached hydrogens (tertiary/aromatic N) is 2. The monoisotopic (exact) mass is 373 g/mol. The Bertz CT molecular complexity index is 732. The molecule has 0 amide bonds. The van der Waals surface area contributed by atoms with Crippen LogP contribution in [0.25, 0.3) is 0 Å². The van der Waals surface area contributed by atoms with E-state index in [9.17, 15) is 8.42 Å². The zero-order valence-corrected chi connectivity index (χ0v) is 16.0. The van der Waals surface area contributed by atoms with Crippen molar-refractivity contribution in [2.24, 2.45) is 10.9 Å². The first-order valence-electron chi connectivity index (χ1n) is 7.85. The summed E-state index contributed by atoms with van der Waals surface area (Å²) in [5.74, 6) is 1.76. The van der Waals surface area contributed by atoms with Crippen molar-refractivity contribution in [2.75, 3.05) is 37.3 Å². The van der Waals surface area contributed by atoms with Crippen molar-refractivity contribution in [1.29, 1.82) is 0 Å². The number of sulfonamides is 1. The van der Waals surface area contributed by atoms with Crippen LogP contribution in [-0.2, 0) is 16.4 Å². The zero-order chi connectivity index (χ0) is 17.9. The summed E-state index contributed by atoms with van der Waals surface area (Å²) in [6.45, 7) is 6.03. The van der Waals surface area contributed by atoms with Crippen LogP contribution in [0.1, 0.15) is 19.4 Å². The molecule has 0 fully saturated rings. The minimum atomic E-state index is -3.43. The highest BCUT2D eigenvalue weighted by Crippen LogP contribution is 2.38. The molecule has 0 aromatic heterocycles. The molecule has 0 radical (unpaired) electrons. The number of nitrogens with one attached hydrogen (secondary N) is 1. The number of anilines is 1. The van der Waals surface area contributed by atoms with Crippen molar-refractivity contribution in [1.82, 2.24) is 5.32 Å². The Morgan fingerprint density at radius 3 is 2.67 bits per heavy atom. The first kappa shape index (κ1) is 18.9. The van der Waals surface area contributed by atoms with Crippen LogP contribution < -0.4 is 14.4 Å². The van der Waals surface area contributed by atoms with Gasteiger partial charge in [0.05, 0.1) is 23.5 Å². The molecular weight excluding hydrogens is 350 g/mol. The number of benzene rings is 1. The number of hydrogen-bond donors (Lipinski definition) is 1. The number of ether oxygens (including phenoxy) is 1. The number of aliphatic imine (C=N–C) groups is 1. The molecule has 134 valence electrons. The van der Waals surface area contributed by atoms with E-state index < -0.39 is 10.0 Å². The summed E-state index contributed by atoms with van der Waals surface area (Å²) in [4.78, 5) is 4.30. The van der Waals surface area contributed by atoms with Gasteiger partial charge in [-0.2, -0.15) is 0 Å². The van der Waals surface area contributed by atoms with Crippen LogP contribution in [0.5, 0.6) is 5.75 Å². The van der Waals surface area contributed by atoms with Gasteiger partial charge in [-0.05, 0) is 24.5 Å². The smallest absolute Gasteiger partial charge is 0.232 e. The molecule has 24 heavy (non-hydrogen) atoms. The van der Waals surface area contributed by atoms with E-state index in [0.29, 0.717) is 35.4 Å². The van der Waals surface area contributed by atoms with Crippen LogP contribution in [0.2, 0.25) is 5.02 Å². The molecule has 0 atom stereocenters. The molecule has 1 aliphatic rings. The fraction of sp³-hybridized carbons (Fsp3) is 0.562. The Hall–Kier alpha value is -1.47. The first-order valence-corrected chi connectivity index (χ1v) is 10.1. The van der Waals surface area contributed by atoms with Gasteiger partial charge in [-0.15, -0.1) is 0 Å². The lowest BCUT2D eigenvalue weighted by atomic mass is 10.00. The van der Waals surface area contributed by atoms with E-state index in [0.717, 1.165) is 30.7 Å². The maximum atomic E-state index is 12.0. The molecule has 6 nitrogen and oxygen atoms in total. The number of hydrogen-bond acceptors (Lipinski definition) is 5. The van der Waals surface area contributed by atoms with Gasteiger partial charge < -0.3 is 10.1 Å². The zero-order valence-electron chi connectivity index (χ0n) is 14.5. The number of halogens is 1. The lowest BCUT2D eigenvalue weighted by Gasteiger charge is -2.24. The van der Waals surface area contributed by atoms with Crippen molar-refractivity contribution in [3.63, 3.8) is 0 Å². The molecule has 0 saturated carbocycles. The molecule has 0 aliphatic carbocycles. The minimum absolute atomic E-state index is 0.319. The highest BCUT2D eigenvalue weighted by Gasteiger charge is 2.23. The molecule has 0 unspecified atom stereocenters. The Kier molecular flexibility index (Phi) is 5.98. The molecule has 1 aliphatic heterocycles. The van der Waals surface area contributed by atoms with Gasteiger partial charge in [0.1, 0.15) is 18.2 Å². The second kappa shape index (κ2) is 7.61. The van der Waals surface area contributed by atoms with Gasteiger partial charge in [0, 0.05) is 19.2 Å². The quantitative estimate of drug-likeness (QED) is 0.796. The summed E-state index contributed by atoms with van der Waals surface area (Å²) in [6, 6.07) is 3.46. The van der Waals surface area contributed by atoms with Crippen molar-refractivity contribution >= 4 is 33.1 Å². The fourth-order valence-corrected chi connectivity index (χ4v) is 3.42. The summed E-state index contributed by atoms with van der Waals surface area (Å²) < 4.78 is 31.1. The van der Waals surface area contributed by atoms with Crippen LogP contribution in [0, 0.1) is 5.92 Å². The van der Waals surface area contributed by atoms with Crippen molar-refractivity contribution in [3.8, 4) is 5.75 Å². The maximum Gasteiger partial charge on any atom is 0.232 e. The second-order valence-electron chi connectivity index (χ2n) is 6.25. The standard InChI is InChI=1S/C16H24ClN3O3S/c1-11(2)9-12-14(23-10-15-18-7-8-19-15)6-5-13(17)16(12)20(3)24(4,21)22/h5-6,11H,7-10H2,1-4H3,(H,18,19). The summed E-state index contributed by atoms with van der Waals surface area (Å²) in [6.07, 6.45) is 1.82. The van der Waals surface area contributed by atoms with Crippen LogP contribution in [0.15, 0.2) is 17.1 Å². The van der Waals surface area contributed by atoms with Crippen LogP contribution in [-0.4, -0.2) is 47.3 Å². The predicted octanol–water partition coefficient (Wildman–Crippen LogP) is 2.31. The third-order valence-electron chi connectivity index (χ3n) is 3.72. The maximum absolute atomic E-state index is 12.0. The van der Waals surface area contributed by atoms with Crippen molar-refractivity contribution < 1.29 is 13.2 Å². The average molecular weight is 374 g/mol. The molecule has 1 aromatic rings. The van der Waals surface area contributed by atoms with Gasteiger partial charge in [-0.1, -0.05) is 25.4 Å². The Labute approximate surface area is 148 Å². The lowest BCUT2D eigenvalue weighted by molar-refractivity contribution is 0.367. The van der Waals surface area contributed by atoms with Gasteiger partial charge in [-0.25, -0.2) is 8.42 Å². The average Bonchev–Trinajstić information content (AvgIpc) is 2.98. The minimum Gasteiger partial charge on any atom is -0.485 e. The summed E-state index contributed by atoms with van der Waals surface area (Å²) in [7, 11) is -1.92. The molecule has 0 saturated heterocycles. The Morgan fingerprint density at radius 1 is 1.42 bits per heavy atom. The summed E-state index contributed by atoms with van der Waals surface area (Å²) in [5.41, 5.74) is 1.27. The molecule has 8 heteroatoms. The van der Waals surface area contributed by atoms with Gasteiger partial charge in [0.25, 0.3) is 0 Å². The van der Waals surface area contributed by atoms with E-state index in [1.54, 1.807) is 12.1 Å². The van der Waals surface area contributed by atoms with Gasteiger partial charge in [0.15, 0.2) is 0 Å². The topological polar surface area (TPSA) is 71.0 Å². The second-order valence-corrected chi connectivity index (χ2v) is 8.67. The largest absolute Gasteiger partial charge is 0.485 e. The molecule has 1 N–H and O–H groups in total. The van der Waals surface area contributed by atoms with E-state index in [4.69, 9.17) is 16.3 Å². The molecule has 1 heterocycles. The van der Waals surface area contributed by atoms with E-state index in [1.165, 1.54) is 11.4 Å². The highest BCUT2D eigenvalue weighted by atomic mass is 35.5. The molecule has 0 bridgehead atoms. The lowest BCUT2D eigenvalue weighted by Crippen LogP contribution is -2.28. The van der Waals surface area contributed by atoms with Gasteiger partial charge >= 0.3 is 0 Å².